The maximum absolute atomic E-state index is 11.0. The molecule has 15 heavy (non-hydrogen) atoms. The first kappa shape index (κ1) is 10.6. The largest absolute Gasteiger partial charge is 0.477 e. The average molecular weight is 285 g/mol. The van der Waals surface area contributed by atoms with Crippen LogP contribution in [0.2, 0.25) is 0 Å². The van der Waals surface area contributed by atoms with Crippen molar-refractivity contribution in [2.75, 3.05) is 0 Å². The molecule has 0 fully saturated rings. The molecule has 0 radical (unpaired) electrons. The van der Waals surface area contributed by atoms with Gasteiger partial charge in [0.25, 0.3) is 0 Å². The van der Waals surface area contributed by atoms with Crippen molar-refractivity contribution in [3.05, 3.63) is 32.6 Å². The predicted octanol–water partition coefficient (Wildman–Crippen LogP) is 3.98. The molecule has 0 unspecified atom stereocenters. The Morgan fingerprint density at radius 3 is 2.67 bits per heavy atom. The smallest absolute Gasteiger partial charge is 0.347 e. The maximum atomic E-state index is 11.0. The minimum atomic E-state index is -0.875. The molecular weight excluding hydrogens is 276 g/mol. The van der Waals surface area contributed by atoms with Crippen LogP contribution in [0.3, 0.4) is 0 Å². The molecule has 0 aliphatic carbocycles. The van der Waals surface area contributed by atoms with Gasteiger partial charge in [-0.05, 0) is 47.0 Å². The molecule has 2 aromatic rings. The highest BCUT2D eigenvalue weighted by atomic mass is 79.9. The number of fused-ring (bicyclic) bond motifs is 1. The molecule has 0 atom stereocenters. The number of aryl methyl sites for hydroxylation is 2. The lowest BCUT2D eigenvalue weighted by Gasteiger charge is -1.99. The molecule has 0 saturated heterocycles. The number of carbonyl (C=O) groups is 1. The van der Waals surface area contributed by atoms with Gasteiger partial charge in [-0.25, -0.2) is 4.79 Å². The van der Waals surface area contributed by atoms with Crippen LogP contribution in [0.1, 0.15) is 20.8 Å². The molecule has 0 saturated carbocycles. The number of benzene rings is 1. The first-order chi connectivity index (χ1) is 7.00. The van der Waals surface area contributed by atoms with Crippen LogP contribution in [0, 0.1) is 13.8 Å². The summed E-state index contributed by atoms with van der Waals surface area (Å²) in [7, 11) is 0. The molecule has 0 aliphatic heterocycles. The molecule has 1 aromatic carbocycles. The molecule has 2 nitrogen and oxygen atoms in total. The van der Waals surface area contributed by atoms with Gasteiger partial charge in [0.15, 0.2) is 0 Å². The van der Waals surface area contributed by atoms with Gasteiger partial charge < -0.3 is 5.11 Å². The molecule has 0 spiro atoms. The van der Waals surface area contributed by atoms with Crippen LogP contribution in [0.25, 0.3) is 10.1 Å². The SMILES string of the molecule is Cc1cc(C)c2c(Br)c(C(=O)O)sc2c1. The van der Waals surface area contributed by atoms with Gasteiger partial charge >= 0.3 is 5.97 Å². The Bertz CT molecular complexity index is 557. The predicted molar refractivity (Wildman–Crippen MR) is 66.0 cm³/mol. The number of halogens is 1. The number of rotatable bonds is 1. The molecule has 0 bridgehead atoms. The number of hydrogen-bond acceptors (Lipinski definition) is 2. The molecular formula is C11H9BrO2S. The van der Waals surface area contributed by atoms with Crippen LogP contribution >= 0.6 is 27.3 Å². The summed E-state index contributed by atoms with van der Waals surface area (Å²) in [4.78, 5) is 11.3. The van der Waals surface area contributed by atoms with Crippen molar-refractivity contribution in [3.8, 4) is 0 Å². The van der Waals surface area contributed by atoms with Crippen LogP contribution in [0.4, 0.5) is 0 Å². The Hall–Kier alpha value is -0.870. The van der Waals surface area contributed by atoms with Gasteiger partial charge in [0.2, 0.25) is 0 Å². The van der Waals surface area contributed by atoms with Gasteiger partial charge in [-0.15, -0.1) is 11.3 Å². The van der Waals surface area contributed by atoms with E-state index < -0.39 is 5.97 Å². The summed E-state index contributed by atoms with van der Waals surface area (Å²) >= 11 is 4.67. The molecule has 4 heteroatoms. The standard InChI is InChI=1S/C11H9BrO2S/c1-5-3-6(2)8-7(4-5)15-10(9(8)12)11(13)14/h3-4H,1-2H3,(H,13,14). The van der Waals surface area contributed by atoms with Crippen LogP contribution in [-0.4, -0.2) is 11.1 Å². The van der Waals surface area contributed by atoms with Gasteiger partial charge in [0.05, 0.1) is 4.47 Å². The van der Waals surface area contributed by atoms with Crippen molar-refractivity contribution in [1.29, 1.82) is 0 Å². The summed E-state index contributed by atoms with van der Waals surface area (Å²) in [6.07, 6.45) is 0. The Balaban J connectivity index is 2.88. The second-order valence-electron chi connectivity index (χ2n) is 3.51. The summed E-state index contributed by atoms with van der Waals surface area (Å²) in [6.45, 7) is 4.01. The van der Waals surface area contributed by atoms with Crippen molar-refractivity contribution in [2.45, 2.75) is 13.8 Å². The molecule has 1 aromatic heterocycles. The normalized spacial score (nSPS) is 10.9. The zero-order valence-electron chi connectivity index (χ0n) is 8.30. The van der Waals surface area contributed by atoms with Crippen molar-refractivity contribution >= 4 is 43.3 Å². The second kappa shape index (κ2) is 3.61. The van der Waals surface area contributed by atoms with Gasteiger partial charge in [-0.1, -0.05) is 6.07 Å². The zero-order valence-corrected chi connectivity index (χ0v) is 10.7. The molecule has 1 N–H and O–H groups in total. The van der Waals surface area contributed by atoms with E-state index in [1.807, 2.05) is 19.9 Å². The van der Waals surface area contributed by atoms with Crippen LogP contribution < -0.4 is 0 Å². The number of hydrogen-bond donors (Lipinski definition) is 1. The first-order valence-electron chi connectivity index (χ1n) is 4.43. The molecule has 0 aliphatic rings. The fourth-order valence-electron chi connectivity index (χ4n) is 1.70. The number of aromatic carboxylic acids is 1. The van der Waals surface area contributed by atoms with E-state index in [0.717, 1.165) is 21.2 Å². The van der Waals surface area contributed by atoms with Crippen molar-refractivity contribution < 1.29 is 9.90 Å². The minimum absolute atomic E-state index is 0.374. The highest BCUT2D eigenvalue weighted by molar-refractivity contribution is 9.10. The minimum Gasteiger partial charge on any atom is -0.477 e. The van der Waals surface area contributed by atoms with Crippen LogP contribution in [0.15, 0.2) is 16.6 Å². The van der Waals surface area contributed by atoms with Crippen molar-refractivity contribution in [1.82, 2.24) is 0 Å². The summed E-state index contributed by atoms with van der Waals surface area (Å²) in [5.74, 6) is -0.875. The Labute approximate surface area is 99.7 Å². The molecule has 0 amide bonds. The fourth-order valence-corrected chi connectivity index (χ4v) is 3.87. The van der Waals surface area contributed by atoms with Crippen molar-refractivity contribution in [2.24, 2.45) is 0 Å². The van der Waals surface area contributed by atoms with Gasteiger partial charge in [-0.2, -0.15) is 0 Å². The highest BCUT2D eigenvalue weighted by Gasteiger charge is 2.17. The maximum Gasteiger partial charge on any atom is 0.347 e. The topological polar surface area (TPSA) is 37.3 Å². The average Bonchev–Trinajstić information content (AvgIpc) is 2.42. The van der Waals surface area contributed by atoms with Crippen molar-refractivity contribution in [3.63, 3.8) is 0 Å². The second-order valence-corrected chi connectivity index (χ2v) is 5.35. The van der Waals surface area contributed by atoms with E-state index in [4.69, 9.17) is 5.11 Å². The van der Waals surface area contributed by atoms with E-state index in [0.29, 0.717) is 9.35 Å². The summed E-state index contributed by atoms with van der Waals surface area (Å²) < 4.78 is 1.73. The zero-order chi connectivity index (χ0) is 11.2. The Morgan fingerprint density at radius 1 is 1.40 bits per heavy atom. The number of carboxylic acid groups (broad SMARTS) is 1. The van der Waals surface area contributed by atoms with E-state index in [-0.39, 0.29) is 0 Å². The lowest BCUT2D eigenvalue weighted by Crippen LogP contribution is -1.91. The van der Waals surface area contributed by atoms with E-state index in [1.54, 1.807) is 0 Å². The van der Waals surface area contributed by atoms with E-state index in [1.165, 1.54) is 11.3 Å². The summed E-state index contributed by atoms with van der Waals surface area (Å²) in [5, 5.41) is 10.0. The summed E-state index contributed by atoms with van der Waals surface area (Å²) in [5.41, 5.74) is 2.27. The molecule has 1 heterocycles. The summed E-state index contributed by atoms with van der Waals surface area (Å²) in [6, 6.07) is 4.08. The van der Waals surface area contributed by atoms with Crippen LogP contribution in [0.5, 0.6) is 0 Å². The lowest BCUT2D eigenvalue weighted by molar-refractivity contribution is 0.0701. The van der Waals surface area contributed by atoms with Crippen LogP contribution in [-0.2, 0) is 0 Å². The van der Waals surface area contributed by atoms with E-state index >= 15 is 0 Å². The quantitative estimate of drug-likeness (QED) is 0.860. The fraction of sp³-hybridized carbons (Fsp3) is 0.182. The Morgan fingerprint density at radius 2 is 2.07 bits per heavy atom. The highest BCUT2D eigenvalue weighted by Crippen LogP contribution is 2.38. The molecule has 2 rings (SSSR count). The van der Waals surface area contributed by atoms with E-state index in [2.05, 4.69) is 22.0 Å². The third-order valence-electron chi connectivity index (χ3n) is 2.27. The third kappa shape index (κ3) is 1.68. The first-order valence-corrected chi connectivity index (χ1v) is 6.04. The monoisotopic (exact) mass is 284 g/mol. The van der Waals surface area contributed by atoms with Gasteiger partial charge in [0, 0.05) is 10.1 Å². The van der Waals surface area contributed by atoms with Gasteiger partial charge in [-0.3, -0.25) is 0 Å². The Kier molecular flexibility index (Phi) is 2.56. The number of thiophene rings is 1. The number of carboxylic acids is 1. The van der Waals surface area contributed by atoms with E-state index in [9.17, 15) is 4.79 Å². The third-order valence-corrected chi connectivity index (χ3v) is 4.45. The van der Waals surface area contributed by atoms with Gasteiger partial charge in [0.1, 0.15) is 4.88 Å². The lowest BCUT2D eigenvalue weighted by atomic mass is 10.1. The molecule has 78 valence electrons.